The smallest absolute Gasteiger partial charge is 0.254 e. The van der Waals surface area contributed by atoms with Gasteiger partial charge in [-0.05, 0) is 31.7 Å². The number of hydrogen-bond acceptors (Lipinski definition) is 6. The van der Waals surface area contributed by atoms with E-state index in [2.05, 4.69) is 11.4 Å². The normalized spacial score (nSPS) is 20.7. The summed E-state index contributed by atoms with van der Waals surface area (Å²) in [4.78, 5) is 28.6. The zero-order valence-electron chi connectivity index (χ0n) is 18.6. The van der Waals surface area contributed by atoms with Gasteiger partial charge in [0.15, 0.2) is 0 Å². The number of aromatic hydroxyl groups is 1. The lowest BCUT2D eigenvalue weighted by molar-refractivity contribution is -0.119. The van der Waals surface area contributed by atoms with Crippen LogP contribution >= 0.6 is 0 Å². The van der Waals surface area contributed by atoms with Gasteiger partial charge in [0.2, 0.25) is 5.91 Å². The molecule has 2 aliphatic heterocycles. The molecule has 166 valence electrons. The Balaban J connectivity index is 0.00000106. The first-order chi connectivity index (χ1) is 14.5. The van der Waals surface area contributed by atoms with E-state index in [9.17, 15) is 14.7 Å². The average Bonchev–Trinajstić information content (AvgIpc) is 3.19. The number of rotatable bonds is 3. The SMILES string of the molecule is CC.CC.CN1CC(C(=O)Nc2cc(C(=O)N3CCOCC3)ccc2O)CC1C#N. The monoisotopic (exact) mass is 418 g/mol. The summed E-state index contributed by atoms with van der Waals surface area (Å²) >= 11 is 0. The van der Waals surface area contributed by atoms with Crippen LogP contribution in [0.4, 0.5) is 5.69 Å². The third-order valence-corrected chi connectivity index (χ3v) is 4.87. The van der Waals surface area contributed by atoms with E-state index < -0.39 is 0 Å². The van der Waals surface area contributed by atoms with E-state index in [1.165, 1.54) is 18.2 Å². The fourth-order valence-corrected chi connectivity index (χ4v) is 3.29. The molecular weight excluding hydrogens is 384 g/mol. The molecule has 30 heavy (non-hydrogen) atoms. The highest BCUT2D eigenvalue weighted by Gasteiger charge is 2.34. The van der Waals surface area contributed by atoms with Crippen molar-refractivity contribution >= 4 is 17.5 Å². The largest absolute Gasteiger partial charge is 0.506 e. The summed E-state index contributed by atoms with van der Waals surface area (Å²) in [6.45, 7) is 10.5. The minimum absolute atomic E-state index is 0.0972. The van der Waals surface area contributed by atoms with Crippen LogP contribution in [0.2, 0.25) is 0 Å². The molecule has 0 radical (unpaired) electrons. The molecule has 0 aromatic heterocycles. The van der Waals surface area contributed by atoms with Crippen molar-refractivity contribution in [1.29, 1.82) is 5.26 Å². The number of carbonyl (C=O) groups excluding carboxylic acids is 2. The lowest BCUT2D eigenvalue weighted by Gasteiger charge is -2.27. The number of morpholine rings is 1. The Kier molecular flexibility index (Phi) is 10.9. The van der Waals surface area contributed by atoms with Gasteiger partial charge in [-0.2, -0.15) is 5.26 Å². The number of hydrogen-bond donors (Lipinski definition) is 2. The Bertz CT molecular complexity index is 741. The van der Waals surface area contributed by atoms with E-state index in [4.69, 9.17) is 10.00 Å². The molecular formula is C22H34N4O4. The summed E-state index contributed by atoms with van der Waals surface area (Å²) in [6, 6.07) is 6.32. The summed E-state index contributed by atoms with van der Waals surface area (Å²) in [6.07, 6.45) is 0.450. The minimum atomic E-state index is -0.331. The molecule has 1 aromatic carbocycles. The zero-order chi connectivity index (χ0) is 22.7. The number of carbonyl (C=O) groups is 2. The van der Waals surface area contributed by atoms with Crippen LogP contribution in [-0.4, -0.2) is 72.7 Å². The summed E-state index contributed by atoms with van der Waals surface area (Å²) in [5.74, 6) is -0.850. The number of likely N-dealkylation sites (tertiary alicyclic amines) is 1. The molecule has 2 amide bonds. The Hall–Kier alpha value is -2.63. The number of phenols is 1. The van der Waals surface area contributed by atoms with Crippen molar-refractivity contribution in [3.63, 3.8) is 0 Å². The molecule has 2 unspecified atom stereocenters. The average molecular weight is 419 g/mol. The van der Waals surface area contributed by atoms with Crippen LogP contribution in [0.15, 0.2) is 18.2 Å². The third-order valence-electron chi connectivity index (χ3n) is 4.87. The van der Waals surface area contributed by atoms with E-state index in [0.29, 0.717) is 44.8 Å². The highest BCUT2D eigenvalue weighted by atomic mass is 16.5. The predicted octanol–water partition coefficient (Wildman–Crippen LogP) is 2.70. The maximum absolute atomic E-state index is 12.6. The second-order valence-corrected chi connectivity index (χ2v) is 6.64. The van der Waals surface area contributed by atoms with E-state index >= 15 is 0 Å². The third kappa shape index (κ3) is 6.44. The van der Waals surface area contributed by atoms with Crippen LogP contribution in [0.3, 0.4) is 0 Å². The van der Waals surface area contributed by atoms with Crippen LogP contribution in [0.25, 0.3) is 0 Å². The maximum Gasteiger partial charge on any atom is 0.254 e. The number of ether oxygens (including phenoxy) is 1. The van der Waals surface area contributed by atoms with Crippen molar-refractivity contribution in [2.45, 2.75) is 40.2 Å². The molecule has 2 fully saturated rings. The number of nitrogens with one attached hydrogen (secondary N) is 1. The molecule has 3 rings (SSSR count). The number of nitriles is 1. The van der Waals surface area contributed by atoms with Gasteiger partial charge in [0.25, 0.3) is 5.91 Å². The van der Waals surface area contributed by atoms with Crippen molar-refractivity contribution in [1.82, 2.24) is 9.80 Å². The molecule has 2 heterocycles. The summed E-state index contributed by atoms with van der Waals surface area (Å²) in [7, 11) is 1.81. The van der Waals surface area contributed by atoms with Crippen LogP contribution in [-0.2, 0) is 9.53 Å². The van der Waals surface area contributed by atoms with Crippen molar-refractivity contribution in [3.8, 4) is 11.8 Å². The van der Waals surface area contributed by atoms with Gasteiger partial charge in [-0.3, -0.25) is 14.5 Å². The van der Waals surface area contributed by atoms with Crippen LogP contribution in [0.5, 0.6) is 5.75 Å². The Labute approximate surface area is 179 Å². The number of nitrogens with zero attached hydrogens (tertiary/aromatic N) is 3. The topological polar surface area (TPSA) is 106 Å². The van der Waals surface area contributed by atoms with Crippen molar-refractivity contribution in [3.05, 3.63) is 23.8 Å². The van der Waals surface area contributed by atoms with Gasteiger partial charge < -0.3 is 20.1 Å². The number of amides is 2. The fourth-order valence-electron chi connectivity index (χ4n) is 3.29. The molecule has 8 heteroatoms. The van der Waals surface area contributed by atoms with Gasteiger partial charge in [0.1, 0.15) is 5.75 Å². The highest BCUT2D eigenvalue weighted by Crippen LogP contribution is 2.28. The molecule has 0 bridgehead atoms. The van der Waals surface area contributed by atoms with E-state index in [-0.39, 0.29) is 35.2 Å². The van der Waals surface area contributed by atoms with Gasteiger partial charge in [0.05, 0.1) is 36.9 Å². The van der Waals surface area contributed by atoms with Gasteiger partial charge >= 0.3 is 0 Å². The lowest BCUT2D eigenvalue weighted by Crippen LogP contribution is -2.40. The lowest BCUT2D eigenvalue weighted by atomic mass is 10.0. The standard InChI is InChI=1S/C18H22N4O4.2C2H6/c1-21-11-13(8-14(21)10-19)17(24)20-15-9-12(2-3-16(15)23)18(25)22-4-6-26-7-5-22;2*1-2/h2-3,9,13-14,23H,4-8,11H2,1H3,(H,20,24);2*1-2H3. The van der Waals surface area contributed by atoms with Crippen molar-refractivity contribution in [2.75, 3.05) is 45.2 Å². The molecule has 2 aliphatic rings. The summed E-state index contributed by atoms with van der Waals surface area (Å²) < 4.78 is 5.25. The molecule has 8 nitrogen and oxygen atoms in total. The Morgan fingerprint density at radius 1 is 1.20 bits per heavy atom. The predicted molar refractivity (Wildman–Crippen MR) is 116 cm³/mol. The minimum Gasteiger partial charge on any atom is -0.506 e. The van der Waals surface area contributed by atoms with Crippen molar-refractivity contribution in [2.24, 2.45) is 5.92 Å². The molecule has 2 N–H and O–H groups in total. The zero-order valence-corrected chi connectivity index (χ0v) is 18.6. The maximum atomic E-state index is 12.6. The quantitative estimate of drug-likeness (QED) is 0.731. The number of phenolic OH excluding ortho intramolecular Hbond substituents is 1. The fraction of sp³-hybridized carbons (Fsp3) is 0.591. The van der Waals surface area contributed by atoms with Gasteiger partial charge in [-0.1, -0.05) is 27.7 Å². The van der Waals surface area contributed by atoms with Gasteiger partial charge in [-0.25, -0.2) is 0 Å². The molecule has 0 aliphatic carbocycles. The second-order valence-electron chi connectivity index (χ2n) is 6.64. The summed E-state index contributed by atoms with van der Waals surface area (Å²) in [5, 5.41) is 21.8. The summed E-state index contributed by atoms with van der Waals surface area (Å²) in [5.41, 5.74) is 0.607. The van der Waals surface area contributed by atoms with Gasteiger partial charge in [-0.15, -0.1) is 0 Å². The van der Waals surface area contributed by atoms with E-state index in [1.807, 2.05) is 32.6 Å². The van der Waals surface area contributed by atoms with Crippen LogP contribution in [0.1, 0.15) is 44.5 Å². The number of benzene rings is 1. The highest BCUT2D eigenvalue weighted by molar-refractivity contribution is 5.99. The van der Waals surface area contributed by atoms with E-state index in [0.717, 1.165) is 0 Å². The molecule has 1 aromatic rings. The van der Waals surface area contributed by atoms with E-state index in [1.54, 1.807) is 11.9 Å². The molecule has 0 spiro atoms. The first-order valence-corrected chi connectivity index (χ1v) is 10.6. The first-order valence-electron chi connectivity index (χ1n) is 10.6. The van der Waals surface area contributed by atoms with Crippen LogP contribution in [0, 0.1) is 17.2 Å². The molecule has 2 saturated heterocycles. The van der Waals surface area contributed by atoms with Gasteiger partial charge in [0, 0.05) is 25.2 Å². The second kappa shape index (κ2) is 12.8. The number of anilines is 1. The first kappa shape index (κ1) is 25.4. The molecule has 0 saturated carbocycles. The van der Waals surface area contributed by atoms with Crippen molar-refractivity contribution < 1.29 is 19.4 Å². The molecule has 2 atom stereocenters. The van der Waals surface area contributed by atoms with Crippen LogP contribution < -0.4 is 5.32 Å². The Morgan fingerprint density at radius 2 is 1.83 bits per heavy atom. The Morgan fingerprint density at radius 3 is 2.40 bits per heavy atom.